The lowest BCUT2D eigenvalue weighted by atomic mass is 10.1. The molecule has 0 bridgehead atoms. The number of nitrogen functional groups attached to an aromatic ring is 1. The van der Waals surface area contributed by atoms with Crippen LogP contribution in [-0.4, -0.2) is 17.5 Å². The van der Waals surface area contributed by atoms with E-state index in [9.17, 15) is 4.79 Å². The maximum atomic E-state index is 12.3. The van der Waals surface area contributed by atoms with Crippen LogP contribution < -0.4 is 15.8 Å². The molecule has 3 rings (SSSR count). The Kier molecular flexibility index (Phi) is 5.30. The Morgan fingerprint density at radius 1 is 1.24 bits per heavy atom. The predicted molar refractivity (Wildman–Crippen MR) is 102 cm³/mol. The van der Waals surface area contributed by atoms with Gasteiger partial charge in [-0.2, -0.15) is 0 Å². The van der Waals surface area contributed by atoms with Crippen LogP contribution in [0.2, 0.25) is 0 Å². The predicted octanol–water partition coefficient (Wildman–Crippen LogP) is 3.97. The molecule has 0 aliphatic rings. The third kappa shape index (κ3) is 4.58. The van der Waals surface area contributed by atoms with Crippen LogP contribution in [0.25, 0.3) is 11.3 Å². The lowest BCUT2D eigenvalue weighted by Crippen LogP contribution is -2.14. The first kappa shape index (κ1) is 17.0. The summed E-state index contributed by atoms with van der Waals surface area (Å²) in [5.74, 6) is 0.737. The minimum atomic E-state index is -0.0703. The molecule has 5 nitrogen and oxygen atoms in total. The highest BCUT2D eigenvalue weighted by atomic mass is 32.1. The second-order valence-electron chi connectivity index (χ2n) is 5.45. The second kappa shape index (κ2) is 7.81. The number of carbonyl (C=O) groups is 1. The quantitative estimate of drug-likeness (QED) is 0.703. The van der Waals surface area contributed by atoms with E-state index in [2.05, 4.69) is 10.3 Å². The zero-order valence-electron chi connectivity index (χ0n) is 13.9. The number of thiazole rings is 1. The van der Waals surface area contributed by atoms with Gasteiger partial charge in [0.15, 0.2) is 5.13 Å². The number of aromatic nitrogens is 1. The van der Waals surface area contributed by atoms with E-state index >= 15 is 0 Å². The number of benzene rings is 2. The molecule has 0 unspecified atom stereocenters. The van der Waals surface area contributed by atoms with E-state index in [0.29, 0.717) is 18.2 Å². The van der Waals surface area contributed by atoms with Gasteiger partial charge in [-0.15, -0.1) is 11.3 Å². The molecule has 0 saturated heterocycles. The highest BCUT2D eigenvalue weighted by molar-refractivity contribution is 7.13. The molecule has 6 heteroatoms. The van der Waals surface area contributed by atoms with E-state index in [0.717, 1.165) is 28.3 Å². The Morgan fingerprint density at radius 3 is 2.72 bits per heavy atom. The summed E-state index contributed by atoms with van der Waals surface area (Å²) >= 11 is 1.39. The molecule has 2 aromatic carbocycles. The van der Waals surface area contributed by atoms with Gasteiger partial charge < -0.3 is 15.8 Å². The van der Waals surface area contributed by atoms with Crippen LogP contribution in [0.1, 0.15) is 12.5 Å². The van der Waals surface area contributed by atoms with Gasteiger partial charge in [0.25, 0.3) is 0 Å². The average molecular weight is 353 g/mol. The van der Waals surface area contributed by atoms with Crippen LogP contribution in [0.3, 0.4) is 0 Å². The minimum Gasteiger partial charge on any atom is -0.494 e. The Hall–Kier alpha value is -2.86. The van der Waals surface area contributed by atoms with Crippen molar-refractivity contribution in [3.05, 3.63) is 59.5 Å². The standard InChI is InChI=1S/C19H19N3O2S/c1-2-24-16-8-6-13(7-9-16)10-18(23)21-15-5-3-4-14(11-15)17-12-25-19(20)22-17/h3-9,11-12H,2,10H2,1H3,(H2,20,22)(H,21,23). The molecular weight excluding hydrogens is 334 g/mol. The number of carbonyl (C=O) groups excluding carboxylic acids is 1. The molecule has 0 spiro atoms. The summed E-state index contributed by atoms with van der Waals surface area (Å²) < 4.78 is 5.40. The number of hydrogen-bond acceptors (Lipinski definition) is 5. The summed E-state index contributed by atoms with van der Waals surface area (Å²) in [5, 5.41) is 5.35. The van der Waals surface area contributed by atoms with Crippen molar-refractivity contribution in [1.29, 1.82) is 0 Å². The number of nitrogens with zero attached hydrogens (tertiary/aromatic N) is 1. The number of nitrogens with one attached hydrogen (secondary N) is 1. The van der Waals surface area contributed by atoms with E-state index in [1.54, 1.807) is 0 Å². The van der Waals surface area contributed by atoms with Crippen LogP contribution >= 0.6 is 11.3 Å². The van der Waals surface area contributed by atoms with Crippen molar-refractivity contribution in [2.45, 2.75) is 13.3 Å². The van der Waals surface area contributed by atoms with E-state index in [1.807, 2.05) is 60.8 Å². The molecule has 1 amide bonds. The summed E-state index contributed by atoms with van der Waals surface area (Å²) in [5.41, 5.74) is 9.08. The summed E-state index contributed by atoms with van der Waals surface area (Å²) in [7, 11) is 0. The second-order valence-corrected chi connectivity index (χ2v) is 6.34. The van der Waals surface area contributed by atoms with Gasteiger partial charge in [-0.25, -0.2) is 4.98 Å². The van der Waals surface area contributed by atoms with Gasteiger partial charge >= 0.3 is 0 Å². The van der Waals surface area contributed by atoms with Gasteiger partial charge in [-0.1, -0.05) is 24.3 Å². The third-order valence-corrected chi connectivity index (χ3v) is 4.24. The zero-order valence-corrected chi connectivity index (χ0v) is 14.7. The molecule has 0 atom stereocenters. The van der Waals surface area contributed by atoms with Crippen LogP contribution in [-0.2, 0) is 11.2 Å². The molecule has 1 heterocycles. The summed E-state index contributed by atoms with van der Waals surface area (Å²) in [4.78, 5) is 16.5. The molecule has 25 heavy (non-hydrogen) atoms. The van der Waals surface area contributed by atoms with Crippen molar-refractivity contribution in [2.75, 3.05) is 17.7 Å². The zero-order chi connectivity index (χ0) is 17.6. The largest absolute Gasteiger partial charge is 0.494 e. The number of amides is 1. The van der Waals surface area contributed by atoms with E-state index < -0.39 is 0 Å². The van der Waals surface area contributed by atoms with Crippen molar-refractivity contribution in [3.63, 3.8) is 0 Å². The van der Waals surface area contributed by atoms with Gasteiger partial charge in [-0.05, 0) is 36.8 Å². The smallest absolute Gasteiger partial charge is 0.228 e. The van der Waals surface area contributed by atoms with Gasteiger partial charge in [0, 0.05) is 16.6 Å². The number of rotatable bonds is 6. The fraction of sp³-hybridized carbons (Fsp3) is 0.158. The van der Waals surface area contributed by atoms with Gasteiger partial charge in [0.05, 0.1) is 18.7 Å². The topological polar surface area (TPSA) is 77.2 Å². The molecule has 0 radical (unpaired) electrons. The first-order chi connectivity index (χ1) is 12.1. The maximum Gasteiger partial charge on any atom is 0.228 e. The number of nitrogens with two attached hydrogens (primary N) is 1. The lowest BCUT2D eigenvalue weighted by Gasteiger charge is -2.08. The molecule has 0 fully saturated rings. The number of anilines is 2. The Balaban J connectivity index is 1.64. The molecule has 0 aliphatic carbocycles. The van der Waals surface area contributed by atoms with Crippen LogP contribution in [0.15, 0.2) is 53.9 Å². The SMILES string of the molecule is CCOc1ccc(CC(=O)Nc2cccc(-c3csc(N)n3)c2)cc1. The highest BCUT2D eigenvalue weighted by Gasteiger charge is 2.07. The first-order valence-corrected chi connectivity index (χ1v) is 8.85. The Bertz CT molecular complexity index is 859. The van der Waals surface area contributed by atoms with Crippen LogP contribution in [0, 0.1) is 0 Å². The molecule has 1 aromatic heterocycles. The van der Waals surface area contributed by atoms with Crippen molar-refractivity contribution < 1.29 is 9.53 Å². The normalized spacial score (nSPS) is 10.4. The molecular formula is C19H19N3O2S. The fourth-order valence-electron chi connectivity index (χ4n) is 2.44. The van der Waals surface area contributed by atoms with Crippen molar-refractivity contribution in [3.8, 4) is 17.0 Å². The molecule has 0 aliphatic heterocycles. The molecule has 3 aromatic rings. The number of ether oxygens (including phenoxy) is 1. The van der Waals surface area contributed by atoms with Crippen molar-refractivity contribution in [1.82, 2.24) is 4.98 Å². The van der Waals surface area contributed by atoms with Gasteiger partial charge in [-0.3, -0.25) is 4.79 Å². The van der Waals surface area contributed by atoms with E-state index in [1.165, 1.54) is 11.3 Å². The van der Waals surface area contributed by atoms with Crippen LogP contribution in [0.5, 0.6) is 5.75 Å². The maximum absolute atomic E-state index is 12.3. The third-order valence-electron chi connectivity index (χ3n) is 3.56. The van der Waals surface area contributed by atoms with Crippen molar-refractivity contribution in [2.24, 2.45) is 0 Å². The monoisotopic (exact) mass is 353 g/mol. The van der Waals surface area contributed by atoms with Crippen LogP contribution in [0.4, 0.5) is 10.8 Å². The van der Waals surface area contributed by atoms with E-state index in [-0.39, 0.29) is 5.91 Å². The summed E-state index contributed by atoms with van der Waals surface area (Å²) in [6.45, 7) is 2.57. The molecule has 3 N–H and O–H groups in total. The molecule has 128 valence electrons. The highest BCUT2D eigenvalue weighted by Crippen LogP contribution is 2.25. The van der Waals surface area contributed by atoms with Gasteiger partial charge in [0.1, 0.15) is 5.75 Å². The Morgan fingerprint density at radius 2 is 2.04 bits per heavy atom. The minimum absolute atomic E-state index is 0.0703. The first-order valence-electron chi connectivity index (χ1n) is 7.97. The van der Waals surface area contributed by atoms with Gasteiger partial charge in [0.2, 0.25) is 5.91 Å². The summed E-state index contributed by atoms with van der Waals surface area (Å²) in [6, 6.07) is 15.1. The Labute approximate surface area is 150 Å². The average Bonchev–Trinajstić information content (AvgIpc) is 3.04. The van der Waals surface area contributed by atoms with Crippen molar-refractivity contribution >= 4 is 28.1 Å². The number of hydrogen-bond donors (Lipinski definition) is 2. The fourth-order valence-corrected chi connectivity index (χ4v) is 3.01. The molecule has 0 saturated carbocycles. The summed E-state index contributed by atoms with van der Waals surface area (Å²) in [6.07, 6.45) is 0.306. The lowest BCUT2D eigenvalue weighted by molar-refractivity contribution is -0.115. The van der Waals surface area contributed by atoms with E-state index in [4.69, 9.17) is 10.5 Å².